The number of carboxylic acids is 1. The number of nitrogens with zero attached hydrogens (tertiary/aromatic N) is 1. The minimum absolute atomic E-state index is 0.00333. The van der Waals surface area contributed by atoms with Gasteiger partial charge in [-0.05, 0) is 29.8 Å². The van der Waals surface area contributed by atoms with Crippen LogP contribution in [-0.4, -0.2) is 35.8 Å². The van der Waals surface area contributed by atoms with Gasteiger partial charge in [-0.15, -0.1) is 0 Å². The lowest BCUT2D eigenvalue weighted by Gasteiger charge is -2.26. The molecule has 2 N–H and O–H groups in total. The van der Waals surface area contributed by atoms with E-state index in [9.17, 15) is 23.5 Å². The number of aromatic nitrogens is 1. The van der Waals surface area contributed by atoms with E-state index in [0.29, 0.717) is 22.8 Å². The number of carbonyl (C=O) groups is 2. The molecular weight excluding hydrogens is 410 g/mol. The van der Waals surface area contributed by atoms with Crippen LogP contribution in [0, 0.1) is 11.6 Å². The number of carboxylic acid groups (broad SMARTS) is 1. The number of halogens is 2. The van der Waals surface area contributed by atoms with Crippen molar-refractivity contribution in [3.8, 4) is 17.2 Å². The second-order valence-corrected chi connectivity index (χ2v) is 7.03. The van der Waals surface area contributed by atoms with E-state index in [1.165, 1.54) is 25.0 Å². The first-order valence-electron chi connectivity index (χ1n) is 9.29. The van der Waals surface area contributed by atoms with E-state index in [0.717, 1.165) is 18.2 Å². The van der Waals surface area contributed by atoms with Crippen LogP contribution >= 0.6 is 0 Å². The molecule has 0 saturated heterocycles. The number of hydrogen-bond donors (Lipinski definition) is 2. The summed E-state index contributed by atoms with van der Waals surface area (Å²) in [7, 11) is 2.97. The molecule has 7 nitrogen and oxygen atoms in total. The zero-order valence-electron chi connectivity index (χ0n) is 16.6. The fraction of sp³-hybridized carbons (Fsp3) is 0.182. The molecule has 0 radical (unpaired) electrons. The standard InChI is InChI=1S/C22H18F2N2O5/c1-30-17-4-3-11(5-18(17)31-2)15-9-19(27)25-20-16(22(28)29)10-26(21(15)20)14-7-12(23)6-13(24)8-14/h3-8,10,15H,9H2,1-2H3,(H,25,27)(H,28,29). The van der Waals surface area contributed by atoms with Gasteiger partial charge in [0.15, 0.2) is 11.5 Å². The Balaban J connectivity index is 1.97. The highest BCUT2D eigenvalue weighted by atomic mass is 19.1. The molecule has 0 aliphatic carbocycles. The van der Waals surface area contributed by atoms with E-state index < -0.39 is 23.5 Å². The molecule has 1 amide bonds. The maximum absolute atomic E-state index is 13.9. The molecular formula is C22H18F2N2O5. The summed E-state index contributed by atoms with van der Waals surface area (Å²) >= 11 is 0. The van der Waals surface area contributed by atoms with E-state index in [-0.39, 0.29) is 29.3 Å². The number of fused-ring (bicyclic) bond motifs is 1. The predicted molar refractivity (Wildman–Crippen MR) is 107 cm³/mol. The molecule has 4 rings (SSSR count). The van der Waals surface area contributed by atoms with E-state index in [1.807, 2.05) is 0 Å². The molecule has 2 heterocycles. The smallest absolute Gasteiger partial charge is 0.339 e. The van der Waals surface area contributed by atoms with Crippen LogP contribution in [0.4, 0.5) is 14.5 Å². The minimum atomic E-state index is -1.28. The van der Waals surface area contributed by atoms with Gasteiger partial charge in [-0.25, -0.2) is 13.6 Å². The van der Waals surface area contributed by atoms with Crippen molar-refractivity contribution in [3.63, 3.8) is 0 Å². The predicted octanol–water partition coefficient (Wildman–Crippen LogP) is 3.95. The van der Waals surface area contributed by atoms with Gasteiger partial charge in [0.05, 0.1) is 31.3 Å². The second kappa shape index (κ2) is 7.75. The average Bonchev–Trinajstić information content (AvgIpc) is 3.11. The molecule has 0 bridgehead atoms. The molecule has 0 fully saturated rings. The lowest BCUT2D eigenvalue weighted by molar-refractivity contribution is -0.116. The van der Waals surface area contributed by atoms with Crippen molar-refractivity contribution in [2.45, 2.75) is 12.3 Å². The quantitative estimate of drug-likeness (QED) is 0.643. The molecule has 1 aromatic heterocycles. The summed E-state index contributed by atoms with van der Waals surface area (Å²) in [6.07, 6.45) is 1.25. The molecule has 160 valence electrons. The zero-order valence-corrected chi connectivity index (χ0v) is 16.6. The Hall–Kier alpha value is -3.88. The summed E-state index contributed by atoms with van der Waals surface area (Å²) in [5, 5.41) is 12.3. The van der Waals surface area contributed by atoms with E-state index in [4.69, 9.17) is 9.47 Å². The van der Waals surface area contributed by atoms with Crippen LogP contribution in [0.2, 0.25) is 0 Å². The van der Waals surface area contributed by atoms with Crippen molar-refractivity contribution in [1.82, 2.24) is 4.57 Å². The summed E-state index contributed by atoms with van der Waals surface area (Å²) in [5.74, 6) is -2.95. The van der Waals surface area contributed by atoms with Crippen LogP contribution in [0.15, 0.2) is 42.6 Å². The summed E-state index contributed by atoms with van der Waals surface area (Å²) in [4.78, 5) is 24.3. The van der Waals surface area contributed by atoms with Gasteiger partial charge in [-0.1, -0.05) is 6.07 Å². The number of methoxy groups -OCH3 is 2. The highest BCUT2D eigenvalue weighted by molar-refractivity contribution is 6.04. The maximum Gasteiger partial charge on any atom is 0.339 e. The van der Waals surface area contributed by atoms with Crippen LogP contribution in [0.3, 0.4) is 0 Å². The molecule has 1 atom stereocenters. The zero-order chi connectivity index (χ0) is 22.3. The molecule has 0 saturated carbocycles. The third-order valence-corrected chi connectivity index (χ3v) is 5.19. The van der Waals surface area contributed by atoms with Crippen LogP contribution in [-0.2, 0) is 4.79 Å². The second-order valence-electron chi connectivity index (χ2n) is 7.03. The minimum Gasteiger partial charge on any atom is -0.493 e. The van der Waals surface area contributed by atoms with E-state index >= 15 is 0 Å². The average molecular weight is 428 g/mol. The fourth-order valence-corrected chi connectivity index (χ4v) is 3.87. The van der Waals surface area contributed by atoms with Gasteiger partial charge in [0.2, 0.25) is 5.91 Å². The number of carbonyl (C=O) groups excluding carboxylic acids is 1. The number of hydrogen-bond acceptors (Lipinski definition) is 4. The molecule has 0 spiro atoms. The monoisotopic (exact) mass is 428 g/mol. The normalized spacial score (nSPS) is 15.2. The van der Waals surface area contributed by atoms with Crippen molar-refractivity contribution in [1.29, 1.82) is 0 Å². The molecule has 31 heavy (non-hydrogen) atoms. The molecule has 2 aromatic carbocycles. The Kier molecular flexibility index (Phi) is 5.10. The fourth-order valence-electron chi connectivity index (χ4n) is 3.87. The summed E-state index contributed by atoms with van der Waals surface area (Å²) in [6.45, 7) is 0. The van der Waals surface area contributed by atoms with Crippen molar-refractivity contribution in [2.75, 3.05) is 19.5 Å². The summed E-state index contributed by atoms with van der Waals surface area (Å²) < 4.78 is 39.8. The first-order valence-corrected chi connectivity index (χ1v) is 9.29. The topological polar surface area (TPSA) is 89.8 Å². The van der Waals surface area contributed by atoms with Gasteiger partial charge in [0, 0.05) is 24.6 Å². The lowest BCUT2D eigenvalue weighted by Crippen LogP contribution is -2.25. The van der Waals surface area contributed by atoms with Crippen LogP contribution < -0.4 is 14.8 Å². The number of benzene rings is 2. The van der Waals surface area contributed by atoms with Crippen molar-refractivity contribution >= 4 is 17.6 Å². The molecule has 1 unspecified atom stereocenters. The van der Waals surface area contributed by atoms with E-state index in [1.54, 1.807) is 18.2 Å². The van der Waals surface area contributed by atoms with Crippen LogP contribution in [0.1, 0.15) is 34.0 Å². The number of anilines is 1. The number of aromatic carboxylic acids is 1. The van der Waals surface area contributed by atoms with Crippen LogP contribution in [0.25, 0.3) is 5.69 Å². The van der Waals surface area contributed by atoms with Gasteiger partial charge in [0.1, 0.15) is 17.2 Å². The highest BCUT2D eigenvalue weighted by Crippen LogP contribution is 2.43. The van der Waals surface area contributed by atoms with Crippen molar-refractivity contribution in [3.05, 3.63) is 71.1 Å². The Morgan fingerprint density at radius 2 is 1.77 bits per heavy atom. The Bertz CT molecular complexity index is 1180. The van der Waals surface area contributed by atoms with Crippen molar-refractivity contribution in [2.24, 2.45) is 0 Å². The lowest BCUT2D eigenvalue weighted by atomic mass is 9.88. The van der Waals surface area contributed by atoms with Gasteiger partial charge < -0.3 is 24.5 Å². The van der Waals surface area contributed by atoms with Gasteiger partial charge in [0.25, 0.3) is 0 Å². The highest BCUT2D eigenvalue weighted by Gasteiger charge is 2.35. The molecule has 9 heteroatoms. The SMILES string of the molecule is COc1ccc(C2CC(=O)Nc3c(C(=O)O)cn(-c4cc(F)cc(F)c4)c32)cc1OC. The third kappa shape index (κ3) is 3.58. The first-order chi connectivity index (χ1) is 14.8. The van der Waals surface area contributed by atoms with Gasteiger partial charge in [-0.2, -0.15) is 0 Å². The molecule has 1 aliphatic rings. The Labute approximate surface area is 175 Å². The number of rotatable bonds is 5. The van der Waals surface area contributed by atoms with Gasteiger partial charge >= 0.3 is 5.97 Å². The first kappa shape index (κ1) is 20.4. The van der Waals surface area contributed by atoms with Crippen LogP contribution in [0.5, 0.6) is 11.5 Å². The number of ether oxygens (including phenoxy) is 2. The van der Waals surface area contributed by atoms with Crippen molar-refractivity contribution < 1.29 is 33.0 Å². The van der Waals surface area contributed by atoms with E-state index in [2.05, 4.69) is 5.32 Å². The Morgan fingerprint density at radius 1 is 1.10 bits per heavy atom. The molecule has 3 aromatic rings. The maximum atomic E-state index is 13.9. The summed E-state index contributed by atoms with van der Waals surface area (Å²) in [6, 6.07) is 8.01. The van der Waals surface area contributed by atoms with Gasteiger partial charge in [-0.3, -0.25) is 4.79 Å². The number of amides is 1. The molecule has 1 aliphatic heterocycles. The Morgan fingerprint density at radius 3 is 2.39 bits per heavy atom. The number of nitrogens with one attached hydrogen (secondary N) is 1. The third-order valence-electron chi connectivity index (χ3n) is 5.19. The largest absolute Gasteiger partial charge is 0.493 e. The summed E-state index contributed by atoms with van der Waals surface area (Å²) in [5.41, 5.74) is 1.06.